The second kappa shape index (κ2) is 9.82. The van der Waals surface area contributed by atoms with Gasteiger partial charge in [-0.05, 0) is 36.1 Å². The molecule has 0 saturated heterocycles. The number of aryl methyl sites for hydroxylation is 2. The first-order valence-corrected chi connectivity index (χ1v) is 8.86. The van der Waals surface area contributed by atoms with Gasteiger partial charge in [0.25, 0.3) is 5.91 Å². The number of hydrogen-bond donors (Lipinski definition) is 1. The summed E-state index contributed by atoms with van der Waals surface area (Å²) in [5, 5.41) is 3.25. The summed E-state index contributed by atoms with van der Waals surface area (Å²) in [6.45, 7) is 3.36. The topological polar surface area (TPSA) is 64.6 Å². The number of carbonyl (C=O) groups excluding carboxylic acids is 2. The van der Waals surface area contributed by atoms with E-state index >= 15 is 0 Å². The highest BCUT2D eigenvalue weighted by Gasteiger charge is 2.13. The average molecular weight is 376 g/mol. The number of nitrogens with one attached hydrogen (secondary N) is 1. The van der Waals surface area contributed by atoms with E-state index in [0.717, 1.165) is 29.7 Å². The van der Waals surface area contributed by atoms with Crippen LogP contribution in [0.3, 0.4) is 0 Å². The van der Waals surface area contributed by atoms with Crippen molar-refractivity contribution in [3.05, 3.63) is 58.6 Å². The van der Waals surface area contributed by atoms with E-state index < -0.39 is 5.97 Å². The fourth-order valence-corrected chi connectivity index (χ4v) is 2.66. The van der Waals surface area contributed by atoms with Crippen LogP contribution in [0.1, 0.15) is 25.0 Å². The quantitative estimate of drug-likeness (QED) is 0.707. The van der Waals surface area contributed by atoms with E-state index in [0.29, 0.717) is 10.8 Å². The van der Waals surface area contributed by atoms with Crippen molar-refractivity contribution in [2.24, 2.45) is 0 Å². The molecule has 0 saturated carbocycles. The highest BCUT2D eigenvalue weighted by atomic mass is 35.5. The van der Waals surface area contributed by atoms with Gasteiger partial charge in [0, 0.05) is 5.69 Å². The molecule has 6 heteroatoms. The summed E-state index contributed by atoms with van der Waals surface area (Å²) in [6, 6.07) is 12.7. The third-order valence-electron chi connectivity index (χ3n) is 3.81. The Balaban J connectivity index is 1.85. The summed E-state index contributed by atoms with van der Waals surface area (Å²) < 4.78 is 10.2. The molecule has 0 radical (unpaired) electrons. The largest absolute Gasteiger partial charge is 0.480 e. The van der Waals surface area contributed by atoms with Gasteiger partial charge in [0.05, 0.1) is 5.02 Å². The summed E-state index contributed by atoms with van der Waals surface area (Å²) in [7, 11) is 0. The van der Waals surface area contributed by atoms with Crippen LogP contribution in [0.2, 0.25) is 5.02 Å². The van der Waals surface area contributed by atoms with Crippen molar-refractivity contribution in [2.45, 2.75) is 26.7 Å². The summed E-state index contributed by atoms with van der Waals surface area (Å²) in [5.74, 6) is -0.633. The number of hydrogen-bond acceptors (Lipinski definition) is 4. The third-order valence-corrected chi connectivity index (χ3v) is 4.12. The molecule has 2 aromatic rings. The van der Waals surface area contributed by atoms with Crippen LogP contribution in [0, 0.1) is 0 Å². The Hall–Kier alpha value is -2.53. The molecule has 2 aromatic carbocycles. The minimum absolute atomic E-state index is 0.317. The van der Waals surface area contributed by atoms with Gasteiger partial charge < -0.3 is 14.8 Å². The van der Waals surface area contributed by atoms with Crippen LogP contribution < -0.4 is 10.1 Å². The molecule has 138 valence electrons. The molecule has 0 aliphatic rings. The van der Waals surface area contributed by atoms with Crippen LogP contribution in [-0.4, -0.2) is 25.1 Å². The van der Waals surface area contributed by atoms with Gasteiger partial charge >= 0.3 is 5.97 Å². The first-order chi connectivity index (χ1) is 12.5. The lowest BCUT2D eigenvalue weighted by molar-refractivity contribution is -0.149. The molecular formula is C20H22ClNO4. The molecule has 0 heterocycles. The van der Waals surface area contributed by atoms with Crippen LogP contribution in [-0.2, 0) is 27.2 Å². The Bertz CT molecular complexity index is 754. The molecule has 0 aliphatic carbocycles. The van der Waals surface area contributed by atoms with Gasteiger partial charge in [-0.1, -0.05) is 55.8 Å². The van der Waals surface area contributed by atoms with E-state index in [1.54, 1.807) is 24.3 Å². The standard InChI is InChI=1S/C20H22ClNO4/c1-3-14-8-7-9-15(4-2)20(14)22-18(23)12-26-19(24)13-25-17-11-6-5-10-16(17)21/h5-11H,3-4,12-13H2,1-2H3,(H,22,23). The maximum absolute atomic E-state index is 12.1. The zero-order chi connectivity index (χ0) is 18.9. The Kier molecular flexibility index (Phi) is 7.48. The van der Waals surface area contributed by atoms with Gasteiger partial charge in [0.15, 0.2) is 13.2 Å². The van der Waals surface area contributed by atoms with Gasteiger partial charge in [-0.2, -0.15) is 0 Å². The highest BCUT2D eigenvalue weighted by Crippen LogP contribution is 2.23. The Labute approximate surface area is 158 Å². The minimum atomic E-state index is -0.639. The minimum Gasteiger partial charge on any atom is -0.480 e. The number of rotatable bonds is 8. The lowest BCUT2D eigenvalue weighted by Gasteiger charge is -2.14. The summed E-state index contributed by atoms with van der Waals surface area (Å²) in [5.41, 5.74) is 2.89. The predicted molar refractivity (Wildman–Crippen MR) is 102 cm³/mol. The fraction of sp³-hybridized carbons (Fsp3) is 0.300. The molecule has 1 N–H and O–H groups in total. The van der Waals surface area contributed by atoms with E-state index in [-0.39, 0.29) is 19.1 Å². The van der Waals surface area contributed by atoms with Crippen molar-refractivity contribution in [1.29, 1.82) is 0 Å². The number of amides is 1. The molecule has 0 fully saturated rings. The van der Waals surface area contributed by atoms with Gasteiger partial charge in [-0.3, -0.25) is 4.79 Å². The lowest BCUT2D eigenvalue weighted by atomic mass is 10.0. The van der Waals surface area contributed by atoms with Crippen molar-refractivity contribution >= 4 is 29.2 Å². The van der Waals surface area contributed by atoms with E-state index in [2.05, 4.69) is 5.32 Å². The van der Waals surface area contributed by atoms with E-state index in [4.69, 9.17) is 21.1 Å². The fourth-order valence-electron chi connectivity index (χ4n) is 2.46. The number of halogens is 1. The van der Waals surface area contributed by atoms with Gasteiger partial charge in [-0.15, -0.1) is 0 Å². The van der Waals surface area contributed by atoms with E-state index in [1.807, 2.05) is 32.0 Å². The highest BCUT2D eigenvalue weighted by molar-refractivity contribution is 6.32. The molecule has 0 aromatic heterocycles. The van der Waals surface area contributed by atoms with Crippen LogP contribution in [0.15, 0.2) is 42.5 Å². The number of benzene rings is 2. The zero-order valence-electron chi connectivity index (χ0n) is 14.9. The molecule has 26 heavy (non-hydrogen) atoms. The van der Waals surface area contributed by atoms with E-state index in [1.165, 1.54) is 0 Å². The first kappa shape index (κ1) is 19.8. The predicted octanol–water partition coefficient (Wildman–Crippen LogP) is 4.03. The molecule has 1 amide bonds. The van der Waals surface area contributed by atoms with Crippen LogP contribution in [0.5, 0.6) is 5.75 Å². The molecule has 0 aliphatic heterocycles. The van der Waals surface area contributed by atoms with Crippen molar-refractivity contribution in [1.82, 2.24) is 0 Å². The molecule has 2 rings (SSSR count). The second-order valence-corrected chi connectivity index (χ2v) is 5.99. The number of para-hydroxylation sites is 2. The Morgan fingerprint density at radius 3 is 2.23 bits per heavy atom. The van der Waals surface area contributed by atoms with Crippen molar-refractivity contribution in [2.75, 3.05) is 18.5 Å². The van der Waals surface area contributed by atoms with Crippen LogP contribution in [0.4, 0.5) is 5.69 Å². The van der Waals surface area contributed by atoms with Crippen LogP contribution >= 0.6 is 11.6 Å². The summed E-state index contributed by atoms with van der Waals surface area (Å²) >= 11 is 5.94. The SMILES string of the molecule is CCc1cccc(CC)c1NC(=O)COC(=O)COc1ccccc1Cl. The summed E-state index contributed by atoms with van der Waals surface area (Å²) in [4.78, 5) is 23.9. The molecule has 5 nitrogen and oxygen atoms in total. The first-order valence-electron chi connectivity index (χ1n) is 8.48. The Morgan fingerprint density at radius 1 is 0.962 bits per heavy atom. The normalized spacial score (nSPS) is 10.3. The van der Waals surface area contributed by atoms with E-state index in [9.17, 15) is 9.59 Å². The smallest absolute Gasteiger partial charge is 0.344 e. The average Bonchev–Trinajstić information content (AvgIpc) is 2.65. The van der Waals surface area contributed by atoms with Gasteiger partial charge in [0.1, 0.15) is 5.75 Å². The molecule has 0 bridgehead atoms. The molecular weight excluding hydrogens is 354 g/mol. The Morgan fingerprint density at radius 2 is 1.62 bits per heavy atom. The molecule has 0 spiro atoms. The molecule has 0 atom stereocenters. The lowest BCUT2D eigenvalue weighted by Crippen LogP contribution is -2.24. The number of ether oxygens (including phenoxy) is 2. The number of esters is 1. The van der Waals surface area contributed by atoms with Crippen molar-refractivity contribution in [3.8, 4) is 5.75 Å². The number of anilines is 1. The third kappa shape index (κ3) is 5.49. The summed E-state index contributed by atoms with van der Waals surface area (Å²) in [6.07, 6.45) is 1.60. The maximum atomic E-state index is 12.1. The van der Waals surface area contributed by atoms with Gasteiger partial charge in [-0.25, -0.2) is 4.79 Å². The van der Waals surface area contributed by atoms with Crippen molar-refractivity contribution < 1.29 is 19.1 Å². The van der Waals surface area contributed by atoms with Crippen LogP contribution in [0.25, 0.3) is 0 Å². The zero-order valence-corrected chi connectivity index (χ0v) is 15.6. The maximum Gasteiger partial charge on any atom is 0.344 e. The molecule has 0 unspecified atom stereocenters. The second-order valence-electron chi connectivity index (χ2n) is 5.59. The number of carbonyl (C=O) groups is 2. The van der Waals surface area contributed by atoms with Gasteiger partial charge in [0.2, 0.25) is 0 Å². The van der Waals surface area contributed by atoms with Crippen molar-refractivity contribution in [3.63, 3.8) is 0 Å². The monoisotopic (exact) mass is 375 g/mol.